The van der Waals surface area contributed by atoms with Crippen molar-refractivity contribution in [1.82, 2.24) is 0 Å². The summed E-state index contributed by atoms with van der Waals surface area (Å²) in [6, 6.07) is 2.87. The number of rotatable bonds is 4. The highest BCUT2D eigenvalue weighted by molar-refractivity contribution is 5.31. The lowest BCUT2D eigenvalue weighted by Crippen LogP contribution is -2.18. The molecule has 2 N–H and O–H groups in total. The molecule has 0 aliphatic carbocycles. The first kappa shape index (κ1) is 13.8. The second-order valence-electron chi connectivity index (χ2n) is 3.63. The van der Waals surface area contributed by atoms with Crippen LogP contribution in [0.2, 0.25) is 0 Å². The molecule has 96 valence electrons. The van der Waals surface area contributed by atoms with Crippen molar-refractivity contribution in [1.29, 1.82) is 0 Å². The molecule has 0 aliphatic rings. The molecule has 0 radical (unpaired) electrons. The van der Waals surface area contributed by atoms with Crippen LogP contribution in [0.4, 0.5) is 17.6 Å². The molecule has 0 spiro atoms. The zero-order chi connectivity index (χ0) is 13.1. The van der Waals surface area contributed by atoms with Crippen molar-refractivity contribution in [2.75, 3.05) is 0 Å². The number of hydrogen-bond acceptors (Lipinski definition) is 2. The molecule has 0 saturated carbocycles. The number of nitrogens with two attached hydrogens (primary N) is 1. The Morgan fingerprint density at radius 1 is 1.35 bits per heavy atom. The van der Waals surface area contributed by atoms with Crippen LogP contribution in [0.15, 0.2) is 18.2 Å². The summed E-state index contributed by atoms with van der Waals surface area (Å²) >= 11 is 0. The predicted molar refractivity (Wildman–Crippen MR) is 54.9 cm³/mol. The van der Waals surface area contributed by atoms with Crippen molar-refractivity contribution >= 4 is 0 Å². The smallest absolute Gasteiger partial charge is 0.403 e. The van der Waals surface area contributed by atoms with E-state index in [0.29, 0.717) is 12.0 Å². The van der Waals surface area contributed by atoms with Gasteiger partial charge in [0.25, 0.3) is 0 Å². The van der Waals surface area contributed by atoms with E-state index in [-0.39, 0.29) is 6.04 Å². The van der Waals surface area contributed by atoms with Crippen LogP contribution in [-0.2, 0) is 0 Å². The maximum atomic E-state index is 13.3. The molecule has 1 rings (SSSR count). The normalized spacial score (nSPS) is 13.5. The van der Waals surface area contributed by atoms with Crippen LogP contribution < -0.4 is 10.5 Å². The molecule has 0 aliphatic heterocycles. The Labute approximate surface area is 96.4 Å². The quantitative estimate of drug-likeness (QED) is 0.831. The molecule has 1 aromatic carbocycles. The minimum absolute atomic E-state index is 0.380. The Bertz CT molecular complexity index is 378. The summed E-state index contributed by atoms with van der Waals surface area (Å²) in [5.41, 5.74) is 6.18. The van der Waals surface area contributed by atoms with E-state index in [1.165, 1.54) is 6.07 Å². The van der Waals surface area contributed by atoms with E-state index in [2.05, 4.69) is 4.74 Å². The maximum absolute atomic E-state index is 13.3. The van der Waals surface area contributed by atoms with Crippen LogP contribution in [0.3, 0.4) is 0 Å². The molecule has 1 atom stereocenters. The van der Waals surface area contributed by atoms with Crippen molar-refractivity contribution in [2.45, 2.75) is 32.2 Å². The summed E-state index contributed by atoms with van der Waals surface area (Å²) < 4.78 is 52.5. The van der Waals surface area contributed by atoms with Gasteiger partial charge >= 0.3 is 6.36 Å². The average Bonchev–Trinajstić information content (AvgIpc) is 2.19. The van der Waals surface area contributed by atoms with E-state index in [1.54, 1.807) is 0 Å². The van der Waals surface area contributed by atoms with Gasteiger partial charge in [0.1, 0.15) is 0 Å². The van der Waals surface area contributed by atoms with Gasteiger partial charge in [-0.2, -0.15) is 0 Å². The minimum atomic E-state index is -4.89. The van der Waals surface area contributed by atoms with Gasteiger partial charge < -0.3 is 10.5 Å². The minimum Gasteiger partial charge on any atom is -0.403 e. The van der Waals surface area contributed by atoms with Gasteiger partial charge in [-0.05, 0) is 24.1 Å². The lowest BCUT2D eigenvalue weighted by atomic mass is 10.0. The van der Waals surface area contributed by atoms with Crippen molar-refractivity contribution in [3.05, 3.63) is 29.6 Å². The van der Waals surface area contributed by atoms with E-state index in [0.717, 1.165) is 18.6 Å². The molecule has 2 nitrogen and oxygen atoms in total. The third-order valence-corrected chi connectivity index (χ3v) is 2.21. The highest BCUT2D eigenvalue weighted by Crippen LogP contribution is 2.28. The SMILES string of the molecule is CCC[C@@H](N)c1ccc(OC(F)(F)F)c(F)c1. The Morgan fingerprint density at radius 3 is 2.47 bits per heavy atom. The largest absolute Gasteiger partial charge is 0.573 e. The molecule has 0 amide bonds. The van der Waals surface area contributed by atoms with Crippen LogP contribution in [0.5, 0.6) is 5.75 Å². The Balaban J connectivity index is 2.86. The van der Waals surface area contributed by atoms with Gasteiger partial charge in [-0.3, -0.25) is 0 Å². The van der Waals surface area contributed by atoms with E-state index >= 15 is 0 Å². The number of hydrogen-bond donors (Lipinski definition) is 1. The second-order valence-corrected chi connectivity index (χ2v) is 3.63. The van der Waals surface area contributed by atoms with E-state index in [9.17, 15) is 17.6 Å². The van der Waals surface area contributed by atoms with Crippen molar-refractivity contribution < 1.29 is 22.3 Å². The lowest BCUT2D eigenvalue weighted by Gasteiger charge is -2.13. The molecular weight excluding hydrogens is 238 g/mol. The zero-order valence-electron chi connectivity index (χ0n) is 9.22. The first-order valence-electron chi connectivity index (χ1n) is 5.14. The van der Waals surface area contributed by atoms with Gasteiger partial charge in [0.05, 0.1) is 0 Å². The standard InChI is InChI=1S/C11H13F4NO/c1-2-3-9(16)7-4-5-10(8(12)6-7)17-11(13,14)15/h4-6,9H,2-3,16H2,1H3/t9-/m1/s1. The molecule has 0 aromatic heterocycles. The monoisotopic (exact) mass is 251 g/mol. The maximum Gasteiger partial charge on any atom is 0.573 e. The van der Waals surface area contributed by atoms with Gasteiger partial charge in [-0.25, -0.2) is 4.39 Å². The van der Waals surface area contributed by atoms with Crippen LogP contribution in [-0.4, -0.2) is 6.36 Å². The van der Waals surface area contributed by atoms with Crippen LogP contribution in [0.1, 0.15) is 31.4 Å². The summed E-state index contributed by atoms with van der Waals surface area (Å²) in [6.07, 6.45) is -3.45. The van der Waals surface area contributed by atoms with Crippen molar-refractivity contribution in [3.63, 3.8) is 0 Å². The molecule has 0 unspecified atom stereocenters. The van der Waals surface area contributed by atoms with Gasteiger partial charge in [-0.1, -0.05) is 19.4 Å². The van der Waals surface area contributed by atoms with Gasteiger partial charge in [0, 0.05) is 6.04 Å². The fraction of sp³-hybridized carbons (Fsp3) is 0.455. The summed E-state index contributed by atoms with van der Waals surface area (Å²) in [7, 11) is 0. The molecule has 0 bridgehead atoms. The third-order valence-electron chi connectivity index (χ3n) is 2.21. The molecule has 1 aromatic rings. The van der Waals surface area contributed by atoms with E-state index < -0.39 is 17.9 Å². The predicted octanol–water partition coefficient (Wildman–Crippen LogP) is 3.52. The van der Waals surface area contributed by atoms with Crippen LogP contribution in [0.25, 0.3) is 0 Å². The topological polar surface area (TPSA) is 35.2 Å². The molecule has 0 saturated heterocycles. The molecule has 0 fully saturated rings. The Hall–Kier alpha value is -1.30. The Morgan fingerprint density at radius 2 is 2.00 bits per heavy atom. The number of halogens is 4. The molecule has 6 heteroatoms. The number of alkyl halides is 3. The summed E-state index contributed by atoms with van der Waals surface area (Å²) in [6.45, 7) is 1.91. The second kappa shape index (κ2) is 5.35. The number of ether oxygens (including phenoxy) is 1. The van der Waals surface area contributed by atoms with E-state index in [1.807, 2.05) is 6.92 Å². The molecule has 17 heavy (non-hydrogen) atoms. The Kier molecular flexibility index (Phi) is 4.34. The van der Waals surface area contributed by atoms with Crippen molar-refractivity contribution in [3.8, 4) is 5.75 Å². The van der Waals surface area contributed by atoms with Gasteiger partial charge in [-0.15, -0.1) is 13.2 Å². The first-order valence-corrected chi connectivity index (χ1v) is 5.14. The molecule has 0 heterocycles. The van der Waals surface area contributed by atoms with E-state index in [4.69, 9.17) is 5.73 Å². The lowest BCUT2D eigenvalue weighted by molar-refractivity contribution is -0.275. The first-order chi connectivity index (χ1) is 7.83. The average molecular weight is 251 g/mol. The zero-order valence-corrected chi connectivity index (χ0v) is 9.22. The number of benzene rings is 1. The van der Waals surface area contributed by atoms with Gasteiger partial charge in [0.2, 0.25) is 0 Å². The van der Waals surface area contributed by atoms with Crippen LogP contribution in [0, 0.1) is 5.82 Å². The highest BCUT2D eigenvalue weighted by Gasteiger charge is 2.32. The third kappa shape index (κ3) is 4.22. The fourth-order valence-electron chi connectivity index (χ4n) is 1.43. The fourth-order valence-corrected chi connectivity index (χ4v) is 1.43. The van der Waals surface area contributed by atoms with Crippen molar-refractivity contribution in [2.24, 2.45) is 5.73 Å². The van der Waals surface area contributed by atoms with Gasteiger partial charge in [0.15, 0.2) is 11.6 Å². The highest BCUT2D eigenvalue weighted by atomic mass is 19.4. The summed E-state index contributed by atoms with van der Waals surface area (Å²) in [4.78, 5) is 0. The molecular formula is C11H13F4NO. The summed E-state index contributed by atoms with van der Waals surface area (Å²) in [5, 5.41) is 0. The summed E-state index contributed by atoms with van der Waals surface area (Å²) in [5.74, 6) is -1.91. The van der Waals surface area contributed by atoms with Crippen LogP contribution >= 0.6 is 0 Å².